The summed E-state index contributed by atoms with van der Waals surface area (Å²) in [6.45, 7) is 3.97. The van der Waals surface area contributed by atoms with E-state index in [9.17, 15) is 0 Å². The van der Waals surface area contributed by atoms with Crippen molar-refractivity contribution in [3.05, 3.63) is 33.8 Å². The van der Waals surface area contributed by atoms with Crippen molar-refractivity contribution in [2.45, 2.75) is 31.4 Å². The first-order valence-electron chi connectivity index (χ1n) is 7.54. The van der Waals surface area contributed by atoms with E-state index in [1.54, 1.807) is 0 Å². The van der Waals surface area contributed by atoms with Crippen molar-refractivity contribution in [2.24, 2.45) is 0 Å². The van der Waals surface area contributed by atoms with Gasteiger partial charge in [0.15, 0.2) is 0 Å². The normalized spacial score (nSPS) is 27.3. The third-order valence-corrected chi connectivity index (χ3v) is 4.98. The Morgan fingerprint density at radius 3 is 3.15 bits per heavy atom. The third kappa shape index (κ3) is 3.25. The van der Waals surface area contributed by atoms with Gasteiger partial charge >= 0.3 is 0 Å². The Hall–Kier alpha value is -0.420. The molecule has 1 aromatic rings. The van der Waals surface area contributed by atoms with Crippen molar-refractivity contribution in [1.82, 2.24) is 10.2 Å². The van der Waals surface area contributed by atoms with Gasteiger partial charge in [0.05, 0.1) is 12.7 Å². The summed E-state index contributed by atoms with van der Waals surface area (Å²) in [5.74, 6) is 0. The SMILES string of the molecule is CNCC1CN(C2CCc3cc(Br)ccc3C2)CCO1. The Bertz CT molecular complexity index is 464. The summed E-state index contributed by atoms with van der Waals surface area (Å²) >= 11 is 3.57. The van der Waals surface area contributed by atoms with Crippen LogP contribution >= 0.6 is 15.9 Å². The molecule has 110 valence electrons. The van der Waals surface area contributed by atoms with Crippen LogP contribution in [0.5, 0.6) is 0 Å². The maximum atomic E-state index is 5.81. The second-order valence-electron chi connectivity index (χ2n) is 5.86. The first-order chi connectivity index (χ1) is 9.76. The Balaban J connectivity index is 1.65. The molecule has 4 heteroatoms. The van der Waals surface area contributed by atoms with Crippen LogP contribution in [0.4, 0.5) is 0 Å². The molecule has 0 saturated carbocycles. The molecule has 0 bridgehead atoms. The van der Waals surface area contributed by atoms with Gasteiger partial charge in [-0.1, -0.05) is 22.0 Å². The highest BCUT2D eigenvalue weighted by molar-refractivity contribution is 9.10. The molecule has 2 atom stereocenters. The molecule has 3 rings (SSSR count). The van der Waals surface area contributed by atoms with E-state index >= 15 is 0 Å². The highest BCUT2D eigenvalue weighted by atomic mass is 79.9. The van der Waals surface area contributed by atoms with Crippen LogP contribution in [0.1, 0.15) is 17.5 Å². The van der Waals surface area contributed by atoms with Gasteiger partial charge in [0.2, 0.25) is 0 Å². The molecule has 0 spiro atoms. The van der Waals surface area contributed by atoms with Gasteiger partial charge < -0.3 is 10.1 Å². The second kappa shape index (κ2) is 6.56. The summed E-state index contributed by atoms with van der Waals surface area (Å²) in [5, 5.41) is 3.23. The van der Waals surface area contributed by atoms with E-state index in [1.165, 1.54) is 34.9 Å². The zero-order valence-electron chi connectivity index (χ0n) is 12.1. The van der Waals surface area contributed by atoms with Gasteiger partial charge in [-0.25, -0.2) is 0 Å². The van der Waals surface area contributed by atoms with Crippen molar-refractivity contribution in [1.29, 1.82) is 0 Å². The number of nitrogens with one attached hydrogen (secondary N) is 1. The molecule has 1 N–H and O–H groups in total. The van der Waals surface area contributed by atoms with Crippen molar-refractivity contribution in [3.8, 4) is 0 Å². The molecule has 0 aromatic heterocycles. The van der Waals surface area contributed by atoms with Crippen molar-refractivity contribution < 1.29 is 4.74 Å². The zero-order chi connectivity index (χ0) is 13.9. The van der Waals surface area contributed by atoms with E-state index in [0.29, 0.717) is 12.1 Å². The number of hydrogen-bond acceptors (Lipinski definition) is 3. The predicted molar refractivity (Wildman–Crippen MR) is 85.2 cm³/mol. The van der Waals surface area contributed by atoms with Gasteiger partial charge in [-0.15, -0.1) is 0 Å². The summed E-state index contributed by atoms with van der Waals surface area (Å²) in [4.78, 5) is 2.64. The number of hydrogen-bond donors (Lipinski definition) is 1. The number of nitrogens with zero attached hydrogens (tertiary/aromatic N) is 1. The van der Waals surface area contributed by atoms with E-state index in [1.807, 2.05) is 7.05 Å². The summed E-state index contributed by atoms with van der Waals surface area (Å²) in [7, 11) is 2.00. The van der Waals surface area contributed by atoms with E-state index < -0.39 is 0 Å². The molecule has 2 unspecified atom stereocenters. The molecule has 3 nitrogen and oxygen atoms in total. The van der Waals surface area contributed by atoms with Crippen molar-refractivity contribution in [2.75, 3.05) is 33.3 Å². The van der Waals surface area contributed by atoms with E-state index in [-0.39, 0.29) is 0 Å². The van der Waals surface area contributed by atoms with Gasteiger partial charge in [0.1, 0.15) is 0 Å². The van der Waals surface area contributed by atoms with Crippen LogP contribution in [0.25, 0.3) is 0 Å². The Labute approximate surface area is 129 Å². The molecule has 1 aliphatic heterocycles. The Kier molecular flexibility index (Phi) is 4.76. The summed E-state index contributed by atoms with van der Waals surface area (Å²) in [6, 6.07) is 7.43. The molecule has 1 heterocycles. The number of halogens is 1. The van der Waals surface area contributed by atoms with Crippen LogP contribution in [-0.4, -0.2) is 50.3 Å². The lowest BCUT2D eigenvalue weighted by atomic mass is 9.87. The minimum Gasteiger partial charge on any atom is -0.374 e. The second-order valence-corrected chi connectivity index (χ2v) is 6.77. The highest BCUT2D eigenvalue weighted by Gasteiger charge is 2.28. The molecule has 2 aliphatic rings. The molecule has 1 aliphatic carbocycles. The largest absolute Gasteiger partial charge is 0.374 e. The Morgan fingerprint density at radius 2 is 2.30 bits per heavy atom. The number of likely N-dealkylation sites (N-methyl/N-ethyl adjacent to an activating group) is 1. The van der Waals surface area contributed by atoms with Crippen LogP contribution < -0.4 is 5.32 Å². The lowest BCUT2D eigenvalue weighted by Gasteiger charge is -2.40. The first kappa shape index (κ1) is 14.5. The fourth-order valence-corrected chi connectivity index (χ4v) is 3.85. The third-order valence-electron chi connectivity index (χ3n) is 4.49. The number of morpholine rings is 1. The van der Waals surface area contributed by atoms with E-state index in [4.69, 9.17) is 4.74 Å². The molecule has 20 heavy (non-hydrogen) atoms. The van der Waals surface area contributed by atoms with Gasteiger partial charge in [0, 0.05) is 30.1 Å². The number of benzene rings is 1. The van der Waals surface area contributed by atoms with Crippen LogP contribution in [0.15, 0.2) is 22.7 Å². The fourth-order valence-electron chi connectivity index (χ4n) is 3.44. The minimum absolute atomic E-state index is 0.347. The standard InChI is InChI=1S/C16H23BrN2O/c1-18-10-16-11-19(6-7-20-16)15-5-3-12-8-14(17)4-2-13(12)9-15/h2,4,8,15-16,18H,3,5-7,9-11H2,1H3. The summed E-state index contributed by atoms with van der Waals surface area (Å²) < 4.78 is 7.02. The molecule has 1 aromatic carbocycles. The van der Waals surface area contributed by atoms with Crippen LogP contribution in [0, 0.1) is 0 Å². The van der Waals surface area contributed by atoms with Gasteiger partial charge in [0.25, 0.3) is 0 Å². The first-order valence-corrected chi connectivity index (χ1v) is 8.33. The van der Waals surface area contributed by atoms with Gasteiger partial charge in [-0.2, -0.15) is 0 Å². The fraction of sp³-hybridized carbons (Fsp3) is 0.625. The topological polar surface area (TPSA) is 24.5 Å². The van der Waals surface area contributed by atoms with Crippen LogP contribution in [0.2, 0.25) is 0 Å². The predicted octanol–water partition coefficient (Wildman–Crippen LogP) is 2.23. The number of fused-ring (bicyclic) bond motifs is 1. The number of ether oxygens (including phenoxy) is 1. The number of rotatable bonds is 3. The van der Waals surface area contributed by atoms with Crippen LogP contribution in [-0.2, 0) is 17.6 Å². The molecule has 0 amide bonds. The number of aryl methyl sites for hydroxylation is 1. The average Bonchev–Trinajstić information content (AvgIpc) is 2.47. The summed E-state index contributed by atoms with van der Waals surface area (Å²) in [6.07, 6.45) is 4.01. The maximum Gasteiger partial charge on any atom is 0.0826 e. The summed E-state index contributed by atoms with van der Waals surface area (Å²) in [5.41, 5.74) is 3.05. The van der Waals surface area contributed by atoms with Gasteiger partial charge in [-0.05, 0) is 49.6 Å². The van der Waals surface area contributed by atoms with E-state index in [0.717, 1.165) is 26.2 Å². The monoisotopic (exact) mass is 338 g/mol. The van der Waals surface area contributed by atoms with Crippen molar-refractivity contribution >= 4 is 15.9 Å². The van der Waals surface area contributed by atoms with Gasteiger partial charge in [-0.3, -0.25) is 4.90 Å². The highest BCUT2D eigenvalue weighted by Crippen LogP contribution is 2.28. The van der Waals surface area contributed by atoms with Crippen molar-refractivity contribution in [3.63, 3.8) is 0 Å². The smallest absolute Gasteiger partial charge is 0.0826 e. The molecule has 1 saturated heterocycles. The van der Waals surface area contributed by atoms with Crippen LogP contribution in [0.3, 0.4) is 0 Å². The molecule has 1 fully saturated rings. The average molecular weight is 339 g/mol. The zero-order valence-corrected chi connectivity index (χ0v) is 13.7. The minimum atomic E-state index is 0.347. The lowest BCUT2D eigenvalue weighted by molar-refractivity contribution is -0.0429. The van der Waals surface area contributed by atoms with E-state index in [2.05, 4.69) is 44.3 Å². The molecule has 0 radical (unpaired) electrons. The molecular weight excluding hydrogens is 316 g/mol. The quantitative estimate of drug-likeness (QED) is 0.914. The maximum absolute atomic E-state index is 5.81. The molecular formula is C16H23BrN2O. The lowest BCUT2D eigenvalue weighted by Crippen LogP contribution is -2.51. The Morgan fingerprint density at radius 1 is 1.40 bits per heavy atom.